The van der Waals surface area contributed by atoms with Crippen LogP contribution in [0.4, 0.5) is 4.39 Å². The van der Waals surface area contributed by atoms with Gasteiger partial charge in [-0.05, 0) is 23.5 Å². The summed E-state index contributed by atoms with van der Waals surface area (Å²) in [5.74, 6) is -0.462. The number of hydrogen-bond acceptors (Lipinski definition) is 3. The summed E-state index contributed by atoms with van der Waals surface area (Å²) in [7, 11) is 0.500. The Morgan fingerprint density at radius 3 is 2.52 bits per heavy atom. The van der Waals surface area contributed by atoms with E-state index in [0.29, 0.717) is 20.1 Å². The molecule has 0 radical (unpaired) electrons. The molecular formula is C17H21FN2O3. The summed E-state index contributed by atoms with van der Waals surface area (Å²) in [5, 5.41) is 2.32. The van der Waals surface area contributed by atoms with Gasteiger partial charge >= 0.3 is 0 Å². The van der Waals surface area contributed by atoms with Gasteiger partial charge in [0.15, 0.2) is 0 Å². The SMILES string of the molecule is CC(C)c1cccc2c1C(=O)N(C1CCC(=O)NC1=O)C2.CF. The maximum Gasteiger partial charge on any atom is 0.255 e. The van der Waals surface area contributed by atoms with E-state index in [2.05, 4.69) is 19.2 Å². The van der Waals surface area contributed by atoms with Gasteiger partial charge in [-0.2, -0.15) is 0 Å². The van der Waals surface area contributed by atoms with Gasteiger partial charge in [0.2, 0.25) is 11.8 Å². The van der Waals surface area contributed by atoms with Crippen LogP contribution >= 0.6 is 0 Å². The van der Waals surface area contributed by atoms with E-state index >= 15 is 0 Å². The molecule has 1 aromatic rings. The van der Waals surface area contributed by atoms with E-state index in [0.717, 1.165) is 16.7 Å². The van der Waals surface area contributed by atoms with Crippen LogP contribution in [-0.4, -0.2) is 35.8 Å². The van der Waals surface area contributed by atoms with Gasteiger partial charge in [-0.25, -0.2) is 0 Å². The molecule has 124 valence electrons. The predicted octanol–water partition coefficient (Wildman–Crippen LogP) is 2.16. The van der Waals surface area contributed by atoms with Gasteiger partial charge in [0.05, 0.1) is 7.18 Å². The number of carbonyl (C=O) groups is 3. The van der Waals surface area contributed by atoms with E-state index in [1.165, 1.54) is 0 Å². The number of halogens is 1. The number of benzene rings is 1. The van der Waals surface area contributed by atoms with Gasteiger partial charge in [-0.3, -0.25) is 24.1 Å². The number of carbonyl (C=O) groups excluding carboxylic acids is 3. The van der Waals surface area contributed by atoms with Crippen LogP contribution in [0.1, 0.15) is 54.1 Å². The van der Waals surface area contributed by atoms with Crippen molar-refractivity contribution in [2.75, 3.05) is 7.18 Å². The largest absolute Gasteiger partial charge is 0.322 e. The summed E-state index contributed by atoms with van der Waals surface area (Å²) in [5.41, 5.74) is 2.72. The van der Waals surface area contributed by atoms with Gasteiger partial charge in [0, 0.05) is 18.5 Å². The summed E-state index contributed by atoms with van der Waals surface area (Å²) in [6.07, 6.45) is 0.689. The third kappa shape index (κ3) is 3.11. The van der Waals surface area contributed by atoms with Gasteiger partial charge < -0.3 is 4.90 Å². The summed E-state index contributed by atoms with van der Waals surface area (Å²) in [4.78, 5) is 37.5. The first-order chi connectivity index (χ1) is 11.0. The lowest BCUT2D eigenvalue weighted by atomic mass is 9.94. The first-order valence-corrected chi connectivity index (χ1v) is 7.63. The molecule has 1 aromatic carbocycles. The molecule has 0 aliphatic carbocycles. The zero-order valence-corrected chi connectivity index (χ0v) is 13.6. The van der Waals surface area contributed by atoms with Crippen LogP contribution in [0.5, 0.6) is 0 Å². The molecule has 0 saturated carbocycles. The number of amides is 3. The van der Waals surface area contributed by atoms with E-state index in [1.54, 1.807) is 4.90 Å². The highest BCUT2D eigenvalue weighted by Gasteiger charge is 2.40. The van der Waals surface area contributed by atoms with Crippen LogP contribution in [0.25, 0.3) is 0 Å². The van der Waals surface area contributed by atoms with Gasteiger partial charge in [0.1, 0.15) is 6.04 Å². The Kier molecular flexibility index (Phi) is 5.13. The highest BCUT2D eigenvalue weighted by Crippen LogP contribution is 2.32. The number of nitrogens with zero attached hydrogens (tertiary/aromatic N) is 1. The van der Waals surface area contributed by atoms with Crippen molar-refractivity contribution >= 4 is 17.7 Å². The monoisotopic (exact) mass is 320 g/mol. The van der Waals surface area contributed by atoms with Crippen LogP contribution in [0, 0.1) is 0 Å². The number of hydrogen-bond donors (Lipinski definition) is 1. The molecule has 2 aliphatic heterocycles. The molecule has 1 saturated heterocycles. The van der Waals surface area contributed by atoms with Crippen LogP contribution in [0.3, 0.4) is 0 Å². The molecule has 5 nitrogen and oxygen atoms in total. The van der Waals surface area contributed by atoms with Crippen molar-refractivity contribution < 1.29 is 18.8 Å². The zero-order valence-electron chi connectivity index (χ0n) is 13.6. The molecule has 2 aliphatic rings. The fourth-order valence-corrected chi connectivity index (χ4v) is 3.12. The smallest absolute Gasteiger partial charge is 0.255 e. The summed E-state index contributed by atoms with van der Waals surface area (Å²) in [6, 6.07) is 5.32. The van der Waals surface area contributed by atoms with Crippen molar-refractivity contribution in [3.05, 3.63) is 34.9 Å². The van der Waals surface area contributed by atoms with Crippen molar-refractivity contribution in [2.24, 2.45) is 0 Å². The first kappa shape index (κ1) is 17.1. The molecule has 0 spiro atoms. The average Bonchev–Trinajstić information content (AvgIpc) is 2.86. The Labute approximate surface area is 134 Å². The Bertz CT molecular complexity index is 643. The Morgan fingerprint density at radius 2 is 1.91 bits per heavy atom. The average molecular weight is 320 g/mol. The maximum absolute atomic E-state index is 12.7. The number of fused-ring (bicyclic) bond motifs is 1. The van der Waals surface area contributed by atoms with Crippen molar-refractivity contribution in [3.63, 3.8) is 0 Å². The van der Waals surface area contributed by atoms with Crippen LogP contribution in [0.15, 0.2) is 18.2 Å². The topological polar surface area (TPSA) is 66.5 Å². The van der Waals surface area contributed by atoms with Crippen molar-refractivity contribution in [3.8, 4) is 0 Å². The molecule has 1 N–H and O–H groups in total. The Morgan fingerprint density at radius 1 is 1.22 bits per heavy atom. The van der Waals surface area contributed by atoms with Crippen molar-refractivity contribution in [1.29, 1.82) is 0 Å². The molecule has 1 unspecified atom stereocenters. The standard InChI is InChI=1S/C16H18N2O3.CH3F/c1-9(2)11-5-3-4-10-8-18(16(21)14(10)11)12-6-7-13(19)17-15(12)20;1-2/h3-5,9,12H,6-8H2,1-2H3,(H,17,19,20);1H3. The van der Waals surface area contributed by atoms with Gasteiger partial charge in [0.25, 0.3) is 5.91 Å². The predicted molar refractivity (Wildman–Crippen MR) is 83.6 cm³/mol. The summed E-state index contributed by atoms with van der Waals surface area (Å²) in [6.45, 7) is 4.55. The second-order valence-electron chi connectivity index (χ2n) is 5.94. The molecular weight excluding hydrogens is 299 g/mol. The molecule has 23 heavy (non-hydrogen) atoms. The fourth-order valence-electron chi connectivity index (χ4n) is 3.12. The van der Waals surface area contributed by atoms with Crippen LogP contribution < -0.4 is 5.32 Å². The molecule has 3 amide bonds. The minimum absolute atomic E-state index is 0.0937. The van der Waals surface area contributed by atoms with Crippen LogP contribution in [0.2, 0.25) is 0 Å². The number of alkyl halides is 1. The lowest BCUT2D eigenvalue weighted by molar-refractivity contribution is -0.136. The molecule has 0 aromatic heterocycles. The number of nitrogens with one attached hydrogen (secondary N) is 1. The summed E-state index contributed by atoms with van der Waals surface area (Å²) >= 11 is 0. The Balaban J connectivity index is 0.000000924. The maximum atomic E-state index is 12.7. The van der Waals surface area contributed by atoms with E-state index in [9.17, 15) is 18.8 Å². The lowest BCUT2D eigenvalue weighted by Gasteiger charge is -2.29. The third-order valence-electron chi connectivity index (χ3n) is 4.21. The van der Waals surface area contributed by atoms with E-state index in [-0.39, 0.29) is 30.1 Å². The van der Waals surface area contributed by atoms with E-state index in [4.69, 9.17) is 0 Å². The van der Waals surface area contributed by atoms with E-state index in [1.807, 2.05) is 18.2 Å². The fraction of sp³-hybridized carbons (Fsp3) is 0.471. The van der Waals surface area contributed by atoms with Gasteiger partial charge in [-0.15, -0.1) is 0 Å². The van der Waals surface area contributed by atoms with Gasteiger partial charge in [-0.1, -0.05) is 32.0 Å². The quantitative estimate of drug-likeness (QED) is 0.849. The minimum atomic E-state index is -0.539. The van der Waals surface area contributed by atoms with Crippen LogP contribution in [-0.2, 0) is 16.1 Å². The number of piperidine rings is 1. The highest BCUT2D eigenvalue weighted by atomic mass is 19.1. The molecule has 2 heterocycles. The number of imide groups is 1. The lowest BCUT2D eigenvalue weighted by Crippen LogP contribution is -2.52. The molecule has 1 atom stereocenters. The molecule has 1 fully saturated rings. The molecule has 0 bridgehead atoms. The Hall–Kier alpha value is -2.24. The second-order valence-corrected chi connectivity index (χ2v) is 5.94. The normalized spacial score (nSPS) is 20.1. The van der Waals surface area contributed by atoms with Crippen molar-refractivity contribution in [1.82, 2.24) is 10.2 Å². The first-order valence-electron chi connectivity index (χ1n) is 7.63. The highest BCUT2D eigenvalue weighted by molar-refractivity contribution is 6.06. The molecule has 3 rings (SSSR count). The minimum Gasteiger partial charge on any atom is -0.322 e. The number of rotatable bonds is 2. The van der Waals surface area contributed by atoms with E-state index < -0.39 is 6.04 Å². The zero-order chi connectivity index (χ0) is 17.1. The summed E-state index contributed by atoms with van der Waals surface area (Å²) < 4.78 is 9.50. The molecule has 6 heteroatoms. The third-order valence-corrected chi connectivity index (χ3v) is 4.21. The second kappa shape index (κ2) is 6.89. The van der Waals surface area contributed by atoms with Crippen molar-refractivity contribution in [2.45, 2.75) is 45.2 Å².